The van der Waals surface area contributed by atoms with E-state index < -0.39 is 5.60 Å². The molecule has 0 aromatic heterocycles. The summed E-state index contributed by atoms with van der Waals surface area (Å²) < 4.78 is 6.58. The lowest BCUT2D eigenvalue weighted by Crippen LogP contribution is -2.31. The number of hydrogen-bond donors (Lipinski definition) is 3. The first-order valence-electron chi connectivity index (χ1n) is 8.64. The summed E-state index contributed by atoms with van der Waals surface area (Å²) in [6.45, 7) is 6.07. The number of ether oxygens (including phenoxy) is 1. The van der Waals surface area contributed by atoms with Crippen molar-refractivity contribution in [2.75, 3.05) is 11.9 Å². The number of aliphatic imine (C=N–C) groups is 1. The highest BCUT2D eigenvalue weighted by molar-refractivity contribution is 14.0. The molecular weight excluding hydrogens is 521 g/mol. The van der Waals surface area contributed by atoms with Gasteiger partial charge in [0.2, 0.25) is 0 Å². The van der Waals surface area contributed by atoms with E-state index in [1.807, 2.05) is 69.3 Å². The van der Waals surface area contributed by atoms with Crippen LogP contribution in [0.3, 0.4) is 0 Å². The predicted octanol–water partition coefficient (Wildman–Crippen LogP) is 4.88. The van der Waals surface area contributed by atoms with Crippen molar-refractivity contribution in [3.8, 4) is 5.75 Å². The van der Waals surface area contributed by atoms with E-state index in [1.54, 1.807) is 0 Å². The molecule has 148 valence electrons. The quantitative estimate of drug-likeness (QED) is 0.262. The van der Waals surface area contributed by atoms with E-state index in [0.29, 0.717) is 6.42 Å². The number of rotatable bonds is 7. The second kappa shape index (κ2) is 10.9. The topological polar surface area (TPSA) is 79.9 Å². The summed E-state index contributed by atoms with van der Waals surface area (Å²) >= 11 is 3.40. The zero-order valence-electron chi connectivity index (χ0n) is 15.8. The maximum absolute atomic E-state index is 10.9. The van der Waals surface area contributed by atoms with Crippen molar-refractivity contribution in [2.45, 2.75) is 38.9 Å². The minimum Gasteiger partial charge on any atom is -0.491 e. The van der Waals surface area contributed by atoms with E-state index in [1.165, 1.54) is 0 Å². The van der Waals surface area contributed by atoms with Gasteiger partial charge in [-0.25, -0.2) is 4.99 Å². The zero-order chi connectivity index (χ0) is 19.2. The Balaban J connectivity index is 0.00000364. The third-order valence-corrected chi connectivity index (χ3v) is 4.50. The summed E-state index contributed by atoms with van der Waals surface area (Å²) in [4.78, 5) is 4.32. The monoisotopic (exact) mass is 547 g/mol. The van der Waals surface area contributed by atoms with Gasteiger partial charge in [0, 0.05) is 10.2 Å². The smallest absolute Gasteiger partial charge is 0.193 e. The fourth-order valence-corrected chi connectivity index (χ4v) is 2.72. The number of anilines is 1. The summed E-state index contributed by atoms with van der Waals surface area (Å²) in [5.74, 6) is 1.06. The van der Waals surface area contributed by atoms with Gasteiger partial charge in [0.15, 0.2) is 5.96 Å². The van der Waals surface area contributed by atoms with Gasteiger partial charge in [0.1, 0.15) is 11.4 Å². The zero-order valence-corrected chi connectivity index (χ0v) is 19.7. The molecule has 0 aliphatic rings. The molecule has 27 heavy (non-hydrogen) atoms. The van der Waals surface area contributed by atoms with Crippen molar-refractivity contribution < 1.29 is 9.84 Å². The number of guanidine groups is 1. The highest BCUT2D eigenvalue weighted by Gasteiger charge is 2.26. The molecule has 0 aliphatic heterocycles. The van der Waals surface area contributed by atoms with Gasteiger partial charge in [0.05, 0.1) is 12.6 Å². The van der Waals surface area contributed by atoms with Crippen LogP contribution >= 0.6 is 39.9 Å². The summed E-state index contributed by atoms with van der Waals surface area (Å²) in [7, 11) is 0. The molecule has 0 heterocycles. The highest BCUT2D eigenvalue weighted by atomic mass is 127. The Hall–Kier alpha value is -1.32. The Labute approximate surface area is 186 Å². The first-order valence-corrected chi connectivity index (χ1v) is 9.44. The van der Waals surface area contributed by atoms with Gasteiger partial charge in [-0.1, -0.05) is 35.0 Å². The van der Waals surface area contributed by atoms with Crippen LogP contribution in [0.1, 0.15) is 32.8 Å². The molecule has 5 nitrogen and oxygen atoms in total. The van der Waals surface area contributed by atoms with Gasteiger partial charge in [-0.05, 0) is 62.2 Å². The molecule has 7 heteroatoms. The van der Waals surface area contributed by atoms with Crippen LogP contribution in [0.2, 0.25) is 0 Å². The van der Waals surface area contributed by atoms with Crippen LogP contribution < -0.4 is 15.8 Å². The van der Waals surface area contributed by atoms with Gasteiger partial charge in [0.25, 0.3) is 0 Å². The number of hydrogen-bond acceptors (Lipinski definition) is 3. The average Bonchev–Trinajstić information content (AvgIpc) is 2.61. The predicted molar refractivity (Wildman–Crippen MR) is 126 cm³/mol. The lowest BCUT2D eigenvalue weighted by atomic mass is 9.91. The van der Waals surface area contributed by atoms with Gasteiger partial charge in [-0.3, -0.25) is 0 Å². The van der Waals surface area contributed by atoms with Crippen molar-refractivity contribution in [3.05, 3.63) is 58.6 Å². The maximum Gasteiger partial charge on any atom is 0.193 e. The third-order valence-electron chi connectivity index (χ3n) is 3.98. The van der Waals surface area contributed by atoms with Crippen molar-refractivity contribution in [1.82, 2.24) is 0 Å². The molecule has 1 atom stereocenters. The van der Waals surface area contributed by atoms with Crippen LogP contribution in [0, 0.1) is 0 Å². The van der Waals surface area contributed by atoms with Gasteiger partial charge >= 0.3 is 0 Å². The lowest BCUT2D eigenvalue weighted by molar-refractivity contribution is 0.0424. The van der Waals surface area contributed by atoms with E-state index >= 15 is 0 Å². The van der Waals surface area contributed by atoms with Crippen LogP contribution in [0.15, 0.2) is 58.0 Å². The summed E-state index contributed by atoms with van der Waals surface area (Å²) in [5.41, 5.74) is 6.55. The number of nitrogens with two attached hydrogens (primary N) is 1. The van der Waals surface area contributed by atoms with Crippen molar-refractivity contribution >= 4 is 51.6 Å². The molecule has 0 saturated carbocycles. The van der Waals surface area contributed by atoms with Gasteiger partial charge < -0.3 is 20.9 Å². The van der Waals surface area contributed by atoms with Crippen LogP contribution in [0.4, 0.5) is 5.69 Å². The van der Waals surface area contributed by atoms with E-state index in [9.17, 15) is 5.11 Å². The fraction of sp³-hybridized carbons (Fsp3) is 0.350. The Bertz CT molecular complexity index is 736. The van der Waals surface area contributed by atoms with Crippen molar-refractivity contribution in [2.24, 2.45) is 10.7 Å². The molecule has 1 unspecified atom stereocenters. The van der Waals surface area contributed by atoms with Gasteiger partial charge in [-0.2, -0.15) is 0 Å². The van der Waals surface area contributed by atoms with Crippen LogP contribution in [0.25, 0.3) is 0 Å². The Morgan fingerprint density at radius 3 is 2.30 bits per heavy atom. The first kappa shape index (κ1) is 23.7. The Morgan fingerprint density at radius 1 is 1.19 bits per heavy atom. The standard InChI is InChI=1S/C20H26BrN3O2.HI/c1-4-20(25,15-5-7-16(21)8-6-15)13-23-19(22)24-17-9-11-18(12-10-17)26-14(2)3;/h5-12,14,25H,4,13H2,1-3H3,(H3,22,23,24);1H. The van der Waals surface area contributed by atoms with E-state index in [-0.39, 0.29) is 42.6 Å². The average molecular weight is 548 g/mol. The van der Waals surface area contributed by atoms with Crippen molar-refractivity contribution in [1.29, 1.82) is 0 Å². The Kier molecular flexibility index (Phi) is 9.55. The first-order chi connectivity index (χ1) is 12.3. The second-order valence-electron chi connectivity index (χ2n) is 6.41. The fourth-order valence-electron chi connectivity index (χ4n) is 2.46. The number of nitrogens with one attached hydrogen (secondary N) is 1. The molecule has 2 rings (SSSR count). The summed E-state index contributed by atoms with van der Waals surface area (Å²) in [6.07, 6.45) is 0.665. The molecule has 0 saturated heterocycles. The number of aliphatic hydroxyl groups is 1. The summed E-state index contributed by atoms with van der Waals surface area (Å²) in [6, 6.07) is 15.1. The molecular formula is C20H27BrIN3O2. The minimum absolute atomic E-state index is 0. The minimum atomic E-state index is -1.05. The van der Waals surface area contributed by atoms with Crippen LogP contribution in [-0.2, 0) is 5.60 Å². The third kappa shape index (κ3) is 7.31. The largest absolute Gasteiger partial charge is 0.491 e. The number of halogens is 2. The van der Waals surface area contributed by atoms with E-state index in [2.05, 4.69) is 26.2 Å². The van der Waals surface area contributed by atoms with Gasteiger partial charge in [-0.15, -0.1) is 24.0 Å². The normalized spacial score (nSPS) is 13.6. The molecule has 2 aromatic carbocycles. The van der Waals surface area contributed by atoms with E-state index in [4.69, 9.17) is 10.5 Å². The van der Waals surface area contributed by atoms with Crippen molar-refractivity contribution in [3.63, 3.8) is 0 Å². The van der Waals surface area contributed by atoms with E-state index in [0.717, 1.165) is 21.5 Å². The Morgan fingerprint density at radius 2 is 1.78 bits per heavy atom. The molecule has 0 fully saturated rings. The molecule has 2 aromatic rings. The molecule has 0 radical (unpaired) electrons. The highest BCUT2D eigenvalue weighted by Crippen LogP contribution is 2.26. The van der Waals surface area contributed by atoms with Crippen LogP contribution in [-0.4, -0.2) is 23.7 Å². The molecule has 0 spiro atoms. The molecule has 0 aliphatic carbocycles. The lowest BCUT2D eigenvalue weighted by Gasteiger charge is -2.25. The number of nitrogens with zero attached hydrogens (tertiary/aromatic N) is 1. The number of benzene rings is 2. The molecule has 0 amide bonds. The summed E-state index contributed by atoms with van der Waals surface area (Å²) in [5, 5.41) is 13.9. The molecule has 0 bridgehead atoms. The second-order valence-corrected chi connectivity index (χ2v) is 7.33. The SMILES string of the molecule is CCC(O)(CN=C(N)Nc1ccc(OC(C)C)cc1)c1ccc(Br)cc1.I. The molecule has 4 N–H and O–H groups in total. The maximum atomic E-state index is 10.9. The van der Waals surface area contributed by atoms with Crippen LogP contribution in [0.5, 0.6) is 5.75 Å².